The Balaban J connectivity index is 2.54. The van der Waals surface area contributed by atoms with E-state index in [4.69, 9.17) is 21.4 Å². The summed E-state index contributed by atoms with van der Waals surface area (Å²) >= 11 is 5.88. The van der Waals surface area contributed by atoms with Crippen molar-refractivity contribution >= 4 is 17.6 Å². The minimum Gasteiger partial charge on any atom is -0.476 e. The molecule has 0 bridgehead atoms. The molecule has 1 heterocycles. The molecule has 18 heavy (non-hydrogen) atoms. The molecule has 0 spiro atoms. The zero-order valence-corrected chi connectivity index (χ0v) is 10.3. The van der Waals surface area contributed by atoms with Gasteiger partial charge in [0.05, 0.1) is 12.3 Å². The maximum absolute atomic E-state index is 11.0. The van der Waals surface area contributed by atoms with Crippen LogP contribution >= 0.6 is 11.6 Å². The first kappa shape index (κ1) is 12.5. The van der Waals surface area contributed by atoms with Gasteiger partial charge in [-0.2, -0.15) is 0 Å². The molecule has 0 fully saturated rings. The molecule has 0 atom stereocenters. The Hall–Kier alpha value is -1.92. The van der Waals surface area contributed by atoms with Crippen LogP contribution < -0.4 is 0 Å². The Morgan fingerprint density at radius 1 is 1.56 bits per heavy atom. The maximum atomic E-state index is 11.0. The van der Waals surface area contributed by atoms with E-state index in [1.54, 1.807) is 24.3 Å². The zero-order valence-electron chi connectivity index (χ0n) is 9.50. The minimum absolute atomic E-state index is 0.0984. The Morgan fingerprint density at radius 3 is 2.94 bits per heavy atom. The van der Waals surface area contributed by atoms with E-state index < -0.39 is 5.97 Å². The monoisotopic (exact) mass is 267 g/mol. The lowest BCUT2D eigenvalue weighted by atomic mass is 10.3. The number of nitrogens with zero attached hydrogens (tertiary/aromatic N) is 3. The van der Waals surface area contributed by atoms with Gasteiger partial charge in [0.25, 0.3) is 0 Å². The first-order valence-corrected chi connectivity index (χ1v) is 5.44. The number of aromatic carboxylic acids is 1. The summed E-state index contributed by atoms with van der Waals surface area (Å²) in [5.74, 6) is -1.14. The molecule has 0 radical (unpaired) electrons. The molecule has 0 unspecified atom stereocenters. The van der Waals surface area contributed by atoms with Crippen molar-refractivity contribution in [1.29, 1.82) is 0 Å². The van der Waals surface area contributed by atoms with E-state index >= 15 is 0 Å². The second kappa shape index (κ2) is 5.16. The summed E-state index contributed by atoms with van der Waals surface area (Å²) < 4.78 is 6.37. The summed E-state index contributed by atoms with van der Waals surface area (Å²) in [7, 11) is 1.47. The predicted octanol–water partition coefficient (Wildman–Crippen LogP) is 1.77. The van der Waals surface area contributed by atoms with Gasteiger partial charge < -0.3 is 9.84 Å². The lowest BCUT2D eigenvalue weighted by molar-refractivity contribution is 0.0685. The molecule has 0 amide bonds. The van der Waals surface area contributed by atoms with Crippen LogP contribution in [-0.2, 0) is 11.3 Å². The molecule has 2 rings (SSSR count). The quantitative estimate of drug-likeness (QED) is 0.913. The normalized spacial score (nSPS) is 10.6. The topological polar surface area (TPSA) is 77.2 Å². The van der Waals surface area contributed by atoms with Crippen LogP contribution in [0.3, 0.4) is 0 Å². The summed E-state index contributed by atoms with van der Waals surface area (Å²) in [4.78, 5) is 11.0. The average Bonchev–Trinajstić information content (AvgIpc) is 2.73. The smallest absolute Gasteiger partial charge is 0.358 e. The Kier molecular flexibility index (Phi) is 3.59. The molecule has 7 heteroatoms. The lowest BCUT2D eigenvalue weighted by Crippen LogP contribution is -2.07. The van der Waals surface area contributed by atoms with Crippen LogP contribution in [0, 0.1) is 0 Å². The number of carboxylic acids is 1. The molecule has 1 N–H and O–H groups in total. The summed E-state index contributed by atoms with van der Waals surface area (Å²) in [5.41, 5.74) is 0.874. The molecule has 94 valence electrons. The van der Waals surface area contributed by atoms with E-state index in [0.29, 0.717) is 16.4 Å². The van der Waals surface area contributed by atoms with Gasteiger partial charge in [-0.05, 0) is 18.2 Å². The molecule has 1 aromatic carbocycles. The van der Waals surface area contributed by atoms with Gasteiger partial charge in [0, 0.05) is 12.1 Å². The molecular formula is C11H10ClN3O3. The number of ether oxygens (including phenoxy) is 1. The average molecular weight is 268 g/mol. The Morgan fingerprint density at radius 2 is 2.33 bits per heavy atom. The van der Waals surface area contributed by atoms with Crippen LogP contribution in [0.15, 0.2) is 24.3 Å². The standard InChI is InChI=1S/C11H10ClN3O3/c1-18-6-9-10(11(16)17)13-14-15(9)8-4-2-3-7(12)5-8/h2-5H,6H2,1H3,(H,16,17). The van der Waals surface area contributed by atoms with Crippen molar-refractivity contribution in [3.63, 3.8) is 0 Å². The highest BCUT2D eigenvalue weighted by molar-refractivity contribution is 6.30. The lowest BCUT2D eigenvalue weighted by Gasteiger charge is -2.06. The zero-order chi connectivity index (χ0) is 13.1. The van der Waals surface area contributed by atoms with E-state index in [1.165, 1.54) is 11.8 Å². The number of rotatable bonds is 4. The number of carbonyl (C=O) groups is 1. The number of aromatic nitrogens is 3. The van der Waals surface area contributed by atoms with Crippen LogP contribution in [0.4, 0.5) is 0 Å². The number of benzene rings is 1. The Bertz CT molecular complexity index is 583. The summed E-state index contributed by atoms with van der Waals surface area (Å²) in [5, 5.41) is 17.0. The highest BCUT2D eigenvalue weighted by atomic mass is 35.5. The number of carboxylic acid groups (broad SMARTS) is 1. The number of hydrogen-bond acceptors (Lipinski definition) is 4. The molecule has 0 aliphatic heterocycles. The summed E-state index contributed by atoms with van der Waals surface area (Å²) in [6.45, 7) is 0.0984. The number of halogens is 1. The molecule has 0 aliphatic rings. The van der Waals surface area contributed by atoms with Gasteiger partial charge in [-0.1, -0.05) is 22.9 Å². The molecule has 1 aromatic heterocycles. The molecule has 2 aromatic rings. The van der Waals surface area contributed by atoms with E-state index in [9.17, 15) is 4.79 Å². The first-order chi connectivity index (χ1) is 8.63. The third-order valence-electron chi connectivity index (χ3n) is 2.30. The Labute approximate surface area is 108 Å². The third kappa shape index (κ3) is 2.34. The third-order valence-corrected chi connectivity index (χ3v) is 2.53. The minimum atomic E-state index is -1.14. The SMILES string of the molecule is COCc1c(C(=O)O)nnn1-c1cccc(Cl)c1. The van der Waals surface area contributed by atoms with Gasteiger partial charge in [-0.25, -0.2) is 9.48 Å². The molecular weight excluding hydrogens is 258 g/mol. The van der Waals surface area contributed by atoms with Gasteiger partial charge in [-0.3, -0.25) is 0 Å². The van der Waals surface area contributed by atoms with Crippen molar-refractivity contribution in [2.45, 2.75) is 6.61 Å². The van der Waals surface area contributed by atoms with Crippen LogP contribution in [0.2, 0.25) is 5.02 Å². The van der Waals surface area contributed by atoms with Crippen LogP contribution in [0.1, 0.15) is 16.2 Å². The van der Waals surface area contributed by atoms with Crippen molar-refractivity contribution in [1.82, 2.24) is 15.0 Å². The number of methoxy groups -OCH3 is 1. The largest absolute Gasteiger partial charge is 0.476 e. The van der Waals surface area contributed by atoms with Crippen LogP contribution in [0.25, 0.3) is 5.69 Å². The van der Waals surface area contributed by atoms with Gasteiger partial charge >= 0.3 is 5.97 Å². The summed E-state index contributed by atoms with van der Waals surface area (Å²) in [6.07, 6.45) is 0. The van der Waals surface area contributed by atoms with Crippen molar-refractivity contribution in [3.8, 4) is 5.69 Å². The van der Waals surface area contributed by atoms with Crippen LogP contribution in [-0.4, -0.2) is 33.2 Å². The van der Waals surface area contributed by atoms with E-state index in [0.717, 1.165) is 0 Å². The van der Waals surface area contributed by atoms with Gasteiger partial charge in [-0.15, -0.1) is 5.10 Å². The fraction of sp³-hybridized carbons (Fsp3) is 0.182. The van der Waals surface area contributed by atoms with Crippen molar-refractivity contribution in [3.05, 3.63) is 40.7 Å². The van der Waals surface area contributed by atoms with Crippen molar-refractivity contribution in [2.24, 2.45) is 0 Å². The second-order valence-corrected chi connectivity index (χ2v) is 3.95. The van der Waals surface area contributed by atoms with E-state index in [2.05, 4.69) is 10.3 Å². The van der Waals surface area contributed by atoms with E-state index in [-0.39, 0.29) is 12.3 Å². The molecule has 0 saturated heterocycles. The van der Waals surface area contributed by atoms with Gasteiger partial charge in [0.15, 0.2) is 5.69 Å². The maximum Gasteiger partial charge on any atom is 0.358 e. The fourth-order valence-corrected chi connectivity index (χ4v) is 1.73. The highest BCUT2D eigenvalue weighted by Crippen LogP contribution is 2.17. The van der Waals surface area contributed by atoms with Gasteiger partial charge in [0.2, 0.25) is 0 Å². The fourth-order valence-electron chi connectivity index (χ4n) is 1.55. The van der Waals surface area contributed by atoms with Crippen molar-refractivity contribution < 1.29 is 14.6 Å². The van der Waals surface area contributed by atoms with Crippen LogP contribution in [0.5, 0.6) is 0 Å². The first-order valence-electron chi connectivity index (χ1n) is 5.06. The number of hydrogen-bond donors (Lipinski definition) is 1. The molecule has 6 nitrogen and oxygen atoms in total. The van der Waals surface area contributed by atoms with E-state index in [1.807, 2.05) is 0 Å². The highest BCUT2D eigenvalue weighted by Gasteiger charge is 2.19. The molecule has 0 aliphatic carbocycles. The van der Waals surface area contributed by atoms with Gasteiger partial charge in [0.1, 0.15) is 5.69 Å². The second-order valence-electron chi connectivity index (χ2n) is 3.51. The molecule has 0 saturated carbocycles. The summed E-state index contributed by atoms with van der Waals surface area (Å²) in [6, 6.07) is 6.89. The predicted molar refractivity (Wildman–Crippen MR) is 64.0 cm³/mol. The van der Waals surface area contributed by atoms with Crippen molar-refractivity contribution in [2.75, 3.05) is 7.11 Å².